The van der Waals surface area contributed by atoms with Crippen LogP contribution in [0.3, 0.4) is 0 Å². The average molecular weight is 284 g/mol. The van der Waals surface area contributed by atoms with Gasteiger partial charge in [-0.2, -0.15) is 0 Å². The van der Waals surface area contributed by atoms with Gasteiger partial charge in [-0.15, -0.1) is 5.10 Å². The van der Waals surface area contributed by atoms with Crippen molar-refractivity contribution in [3.63, 3.8) is 0 Å². The van der Waals surface area contributed by atoms with Crippen molar-refractivity contribution in [2.45, 2.75) is 45.8 Å². The van der Waals surface area contributed by atoms with E-state index in [4.69, 9.17) is 4.74 Å². The van der Waals surface area contributed by atoms with Crippen LogP contribution in [0.25, 0.3) is 17.5 Å². The number of fused-ring (bicyclic) bond motifs is 1. The summed E-state index contributed by atoms with van der Waals surface area (Å²) in [6, 6.07) is 6.09. The SMILES string of the molecule is CCCCn1nnnc1-c1ccc2c(c1)C=CC(C)(C)O2. The van der Waals surface area contributed by atoms with Gasteiger partial charge < -0.3 is 4.74 Å². The van der Waals surface area contributed by atoms with E-state index in [-0.39, 0.29) is 5.60 Å². The molecule has 2 heterocycles. The molecule has 0 N–H and O–H groups in total. The van der Waals surface area contributed by atoms with Crippen molar-refractivity contribution in [3.05, 3.63) is 29.8 Å². The normalized spacial score (nSPS) is 15.6. The van der Waals surface area contributed by atoms with E-state index in [1.54, 1.807) is 0 Å². The molecule has 1 aromatic heterocycles. The largest absolute Gasteiger partial charge is 0.483 e. The minimum atomic E-state index is -0.253. The van der Waals surface area contributed by atoms with Crippen molar-refractivity contribution in [3.8, 4) is 17.1 Å². The van der Waals surface area contributed by atoms with Crippen molar-refractivity contribution < 1.29 is 4.74 Å². The zero-order chi connectivity index (χ0) is 14.9. The van der Waals surface area contributed by atoms with Gasteiger partial charge in [-0.05, 0) is 55.0 Å². The highest BCUT2D eigenvalue weighted by molar-refractivity contribution is 5.68. The van der Waals surface area contributed by atoms with Crippen LogP contribution in [0.1, 0.15) is 39.2 Å². The first kappa shape index (κ1) is 13.8. The summed E-state index contributed by atoms with van der Waals surface area (Å²) in [6.45, 7) is 7.10. The molecule has 0 amide bonds. The minimum absolute atomic E-state index is 0.253. The van der Waals surface area contributed by atoms with E-state index >= 15 is 0 Å². The molecule has 0 radical (unpaired) electrons. The molecule has 1 aromatic carbocycles. The number of unbranched alkanes of at least 4 members (excludes halogenated alkanes) is 1. The molecule has 0 fully saturated rings. The minimum Gasteiger partial charge on any atom is -0.483 e. The Kier molecular flexibility index (Phi) is 3.49. The molecular formula is C16H20N4O. The predicted molar refractivity (Wildman–Crippen MR) is 81.9 cm³/mol. The van der Waals surface area contributed by atoms with Gasteiger partial charge in [-0.25, -0.2) is 4.68 Å². The highest BCUT2D eigenvalue weighted by atomic mass is 16.5. The smallest absolute Gasteiger partial charge is 0.182 e. The number of aryl methyl sites for hydroxylation is 1. The second kappa shape index (κ2) is 5.31. The van der Waals surface area contributed by atoms with E-state index in [0.29, 0.717) is 0 Å². The van der Waals surface area contributed by atoms with Gasteiger partial charge in [0.05, 0.1) is 0 Å². The van der Waals surface area contributed by atoms with Gasteiger partial charge >= 0.3 is 0 Å². The molecule has 0 saturated carbocycles. The lowest BCUT2D eigenvalue weighted by atomic mass is 10.0. The molecule has 2 aromatic rings. The lowest BCUT2D eigenvalue weighted by molar-refractivity contribution is 0.159. The van der Waals surface area contributed by atoms with Crippen molar-refractivity contribution in [1.82, 2.24) is 20.2 Å². The molecule has 21 heavy (non-hydrogen) atoms. The third-order valence-corrected chi connectivity index (χ3v) is 3.56. The molecule has 0 bridgehead atoms. The summed E-state index contributed by atoms with van der Waals surface area (Å²) < 4.78 is 7.81. The van der Waals surface area contributed by atoms with Crippen molar-refractivity contribution in [2.24, 2.45) is 0 Å². The van der Waals surface area contributed by atoms with Crippen LogP contribution in [0.2, 0.25) is 0 Å². The molecule has 0 spiro atoms. The fourth-order valence-electron chi connectivity index (χ4n) is 2.39. The maximum absolute atomic E-state index is 5.94. The van der Waals surface area contributed by atoms with Crippen LogP contribution in [0.5, 0.6) is 5.75 Å². The monoisotopic (exact) mass is 284 g/mol. The molecule has 1 aliphatic heterocycles. The maximum atomic E-state index is 5.94. The summed E-state index contributed by atoms with van der Waals surface area (Å²) in [5, 5.41) is 12.0. The van der Waals surface area contributed by atoms with Gasteiger partial charge in [0.1, 0.15) is 11.4 Å². The fourth-order valence-corrected chi connectivity index (χ4v) is 2.39. The quantitative estimate of drug-likeness (QED) is 0.864. The number of tetrazole rings is 1. The Bertz CT molecular complexity index is 673. The van der Waals surface area contributed by atoms with E-state index in [2.05, 4.69) is 40.7 Å². The van der Waals surface area contributed by atoms with Crippen LogP contribution >= 0.6 is 0 Å². The van der Waals surface area contributed by atoms with Gasteiger partial charge in [-0.3, -0.25) is 0 Å². The first-order chi connectivity index (χ1) is 10.1. The van der Waals surface area contributed by atoms with Gasteiger partial charge in [0.2, 0.25) is 0 Å². The van der Waals surface area contributed by atoms with Crippen LogP contribution in [0, 0.1) is 0 Å². The lowest BCUT2D eigenvalue weighted by Crippen LogP contribution is -2.27. The highest BCUT2D eigenvalue weighted by Gasteiger charge is 2.22. The Labute approximate surface area is 124 Å². The van der Waals surface area contributed by atoms with Crippen LogP contribution in [-0.2, 0) is 6.54 Å². The predicted octanol–water partition coefficient (Wildman–Crippen LogP) is 3.32. The molecule has 5 nitrogen and oxygen atoms in total. The molecule has 0 aliphatic carbocycles. The standard InChI is InChI=1S/C16H20N4O/c1-4-5-10-20-15(17-18-19-20)13-6-7-14-12(11-13)8-9-16(2,3)21-14/h6-9,11H,4-5,10H2,1-3H3. The summed E-state index contributed by atoms with van der Waals surface area (Å²) in [4.78, 5) is 0. The molecule has 3 rings (SSSR count). The van der Waals surface area contributed by atoms with Crippen LogP contribution in [0.15, 0.2) is 24.3 Å². The number of hydrogen-bond donors (Lipinski definition) is 0. The fraction of sp³-hybridized carbons (Fsp3) is 0.438. The average Bonchev–Trinajstić information content (AvgIpc) is 2.92. The van der Waals surface area contributed by atoms with Crippen molar-refractivity contribution in [2.75, 3.05) is 0 Å². The first-order valence-electron chi connectivity index (χ1n) is 7.38. The van der Waals surface area contributed by atoms with Gasteiger partial charge in [0, 0.05) is 17.7 Å². The van der Waals surface area contributed by atoms with E-state index < -0.39 is 0 Å². The van der Waals surface area contributed by atoms with E-state index in [1.807, 2.05) is 30.7 Å². The number of aromatic nitrogens is 4. The third-order valence-electron chi connectivity index (χ3n) is 3.56. The summed E-state index contributed by atoms with van der Waals surface area (Å²) in [5.41, 5.74) is 1.83. The van der Waals surface area contributed by atoms with Crippen LogP contribution in [-0.4, -0.2) is 25.8 Å². The number of ether oxygens (including phenoxy) is 1. The summed E-state index contributed by atoms with van der Waals surface area (Å²) in [7, 11) is 0. The second-order valence-electron chi connectivity index (χ2n) is 5.87. The first-order valence-corrected chi connectivity index (χ1v) is 7.38. The second-order valence-corrected chi connectivity index (χ2v) is 5.87. The van der Waals surface area contributed by atoms with E-state index in [0.717, 1.165) is 42.1 Å². The number of rotatable bonds is 4. The lowest BCUT2D eigenvalue weighted by Gasteiger charge is -2.27. The molecule has 1 aliphatic rings. The Morgan fingerprint density at radius 3 is 2.95 bits per heavy atom. The van der Waals surface area contributed by atoms with Crippen LogP contribution < -0.4 is 4.74 Å². The zero-order valence-corrected chi connectivity index (χ0v) is 12.7. The molecular weight excluding hydrogens is 264 g/mol. The topological polar surface area (TPSA) is 52.8 Å². The van der Waals surface area contributed by atoms with Gasteiger partial charge in [-0.1, -0.05) is 19.4 Å². The molecule has 110 valence electrons. The third kappa shape index (κ3) is 2.82. The molecule has 0 saturated heterocycles. The zero-order valence-electron chi connectivity index (χ0n) is 12.7. The summed E-state index contributed by atoms with van der Waals surface area (Å²) in [5.74, 6) is 1.71. The van der Waals surface area contributed by atoms with Crippen LogP contribution in [0.4, 0.5) is 0 Å². The molecule has 5 heteroatoms. The molecule has 0 unspecified atom stereocenters. The Morgan fingerprint density at radius 2 is 2.14 bits per heavy atom. The Hall–Kier alpha value is -2.17. The number of hydrogen-bond acceptors (Lipinski definition) is 4. The number of nitrogens with zero attached hydrogens (tertiary/aromatic N) is 4. The highest BCUT2D eigenvalue weighted by Crippen LogP contribution is 2.33. The molecule has 0 atom stereocenters. The number of benzene rings is 1. The van der Waals surface area contributed by atoms with E-state index in [1.165, 1.54) is 0 Å². The Balaban J connectivity index is 1.93. The van der Waals surface area contributed by atoms with Crippen molar-refractivity contribution in [1.29, 1.82) is 0 Å². The summed E-state index contributed by atoms with van der Waals surface area (Å²) >= 11 is 0. The van der Waals surface area contributed by atoms with E-state index in [9.17, 15) is 0 Å². The van der Waals surface area contributed by atoms with Crippen molar-refractivity contribution >= 4 is 6.08 Å². The van der Waals surface area contributed by atoms with Gasteiger partial charge in [0.25, 0.3) is 0 Å². The van der Waals surface area contributed by atoms with Gasteiger partial charge in [0.15, 0.2) is 5.82 Å². The maximum Gasteiger partial charge on any atom is 0.182 e. The summed E-state index contributed by atoms with van der Waals surface area (Å²) in [6.07, 6.45) is 6.36. The Morgan fingerprint density at radius 1 is 1.29 bits per heavy atom.